The molecule has 1 aliphatic rings. The number of carbonyl (C=O) groups is 1. The molecule has 0 radical (unpaired) electrons. The maximum atomic E-state index is 13.0. The van der Waals surface area contributed by atoms with Crippen LogP contribution in [0.5, 0.6) is 0 Å². The normalized spacial score (nSPS) is 22.1. The molecule has 0 saturated carbocycles. The Bertz CT molecular complexity index is 556. The molecule has 0 saturated heterocycles. The minimum Gasteiger partial charge on any atom is -0.412 e. The van der Waals surface area contributed by atoms with Gasteiger partial charge in [-0.25, -0.2) is 0 Å². The number of alkyl halides is 3. The summed E-state index contributed by atoms with van der Waals surface area (Å²) in [6.07, 6.45) is -5.60. The molecule has 1 heterocycles. The van der Waals surface area contributed by atoms with Crippen molar-refractivity contribution in [1.29, 1.82) is 0 Å². The van der Waals surface area contributed by atoms with Gasteiger partial charge in [-0.3, -0.25) is 4.79 Å². The minimum absolute atomic E-state index is 0.0280. The maximum absolute atomic E-state index is 13.0. The van der Waals surface area contributed by atoms with Gasteiger partial charge in [0.2, 0.25) is 0 Å². The second-order valence-electron chi connectivity index (χ2n) is 4.16. The summed E-state index contributed by atoms with van der Waals surface area (Å²) in [5.74, 6) is -4.16. The molecule has 1 atom stereocenters. The molecule has 0 N–H and O–H groups in total. The van der Waals surface area contributed by atoms with E-state index >= 15 is 0 Å². The van der Waals surface area contributed by atoms with Gasteiger partial charge in [0.1, 0.15) is 0 Å². The Morgan fingerprint density at radius 2 is 2.00 bits per heavy atom. The summed E-state index contributed by atoms with van der Waals surface area (Å²) in [5.41, 5.74) is 0.438. The van der Waals surface area contributed by atoms with E-state index in [2.05, 4.69) is 14.7 Å². The zero-order valence-corrected chi connectivity index (χ0v) is 11.0. The van der Waals surface area contributed by atoms with Crippen LogP contribution >= 0.6 is 11.6 Å². The van der Waals surface area contributed by atoms with Crippen molar-refractivity contribution < 1.29 is 27.5 Å². The van der Waals surface area contributed by atoms with Gasteiger partial charge in [-0.1, -0.05) is 28.9 Å². The van der Waals surface area contributed by atoms with Crippen molar-refractivity contribution in [3.63, 3.8) is 0 Å². The highest BCUT2D eigenvalue weighted by atomic mass is 35.5. The molecule has 1 aromatic carbocycles. The van der Waals surface area contributed by atoms with Crippen LogP contribution in [-0.2, 0) is 14.4 Å². The van der Waals surface area contributed by atoms with Crippen LogP contribution in [0.1, 0.15) is 18.9 Å². The van der Waals surface area contributed by atoms with Gasteiger partial charge in [0.15, 0.2) is 0 Å². The highest BCUT2D eigenvalue weighted by Gasteiger charge is 2.64. The Balaban J connectivity index is 2.26. The Labute approximate surface area is 117 Å². The van der Waals surface area contributed by atoms with Gasteiger partial charge in [-0.15, -0.1) is 0 Å². The van der Waals surface area contributed by atoms with E-state index < -0.39 is 24.4 Å². The van der Waals surface area contributed by atoms with Crippen molar-refractivity contribution in [2.24, 2.45) is 5.16 Å². The third-order valence-corrected chi connectivity index (χ3v) is 2.87. The summed E-state index contributed by atoms with van der Waals surface area (Å²) >= 11 is 5.70. The molecule has 1 unspecified atom stereocenters. The number of benzene rings is 1. The van der Waals surface area contributed by atoms with Crippen LogP contribution in [0.3, 0.4) is 0 Å². The van der Waals surface area contributed by atoms with Crippen LogP contribution < -0.4 is 0 Å². The Kier molecular flexibility index (Phi) is 3.64. The molecular weight excluding hydrogens is 299 g/mol. The van der Waals surface area contributed by atoms with Crippen LogP contribution in [0.25, 0.3) is 0 Å². The van der Waals surface area contributed by atoms with Gasteiger partial charge in [-0.05, 0) is 17.7 Å². The molecule has 108 valence electrons. The van der Waals surface area contributed by atoms with E-state index in [0.29, 0.717) is 10.6 Å². The third-order valence-electron chi connectivity index (χ3n) is 2.62. The molecule has 20 heavy (non-hydrogen) atoms. The average Bonchev–Trinajstić information content (AvgIpc) is 2.74. The first-order chi connectivity index (χ1) is 9.23. The van der Waals surface area contributed by atoms with Crippen molar-refractivity contribution in [2.75, 3.05) is 0 Å². The number of hydrogen-bond donors (Lipinski definition) is 0. The summed E-state index contributed by atoms with van der Waals surface area (Å²) in [6, 6.07) is 6.03. The molecule has 0 aromatic heterocycles. The van der Waals surface area contributed by atoms with E-state index in [4.69, 9.17) is 11.6 Å². The predicted molar refractivity (Wildman–Crippen MR) is 64.2 cm³/mol. The molecule has 4 nitrogen and oxygen atoms in total. The van der Waals surface area contributed by atoms with Crippen molar-refractivity contribution >= 4 is 23.3 Å². The lowest BCUT2D eigenvalue weighted by atomic mass is 10.0. The molecule has 0 bridgehead atoms. The highest BCUT2D eigenvalue weighted by molar-refractivity contribution is 6.30. The molecule has 0 spiro atoms. The zero-order chi connectivity index (χ0) is 15.0. The van der Waals surface area contributed by atoms with Crippen molar-refractivity contribution in [1.82, 2.24) is 0 Å². The molecule has 0 amide bonds. The number of nitrogens with zero attached hydrogens (tertiary/aromatic N) is 1. The van der Waals surface area contributed by atoms with Crippen LogP contribution in [0, 0.1) is 0 Å². The SMILES string of the molecule is CC(=O)OC1(C(F)(F)F)CC(c2ccc(Cl)cc2)=NO1. The first-order valence-electron chi connectivity index (χ1n) is 5.51. The van der Waals surface area contributed by atoms with E-state index in [9.17, 15) is 18.0 Å². The van der Waals surface area contributed by atoms with Crippen molar-refractivity contribution in [2.45, 2.75) is 25.3 Å². The van der Waals surface area contributed by atoms with Gasteiger partial charge in [0, 0.05) is 11.9 Å². The van der Waals surface area contributed by atoms with E-state index in [-0.39, 0.29) is 5.71 Å². The number of carbonyl (C=O) groups excluding carboxylic acids is 1. The van der Waals surface area contributed by atoms with Gasteiger partial charge < -0.3 is 9.57 Å². The van der Waals surface area contributed by atoms with Gasteiger partial charge >= 0.3 is 17.9 Å². The van der Waals surface area contributed by atoms with Crippen LogP contribution in [0.15, 0.2) is 29.4 Å². The summed E-state index contributed by atoms with van der Waals surface area (Å²) < 4.78 is 43.4. The molecule has 0 fully saturated rings. The first-order valence-corrected chi connectivity index (χ1v) is 5.89. The second kappa shape index (κ2) is 4.97. The fraction of sp³-hybridized carbons (Fsp3) is 0.333. The Morgan fingerprint density at radius 1 is 1.40 bits per heavy atom. The fourth-order valence-electron chi connectivity index (χ4n) is 1.71. The lowest BCUT2D eigenvalue weighted by Crippen LogP contribution is -2.49. The predicted octanol–water partition coefficient (Wildman–Crippen LogP) is 3.29. The van der Waals surface area contributed by atoms with E-state index in [1.165, 1.54) is 24.3 Å². The standard InChI is InChI=1S/C12H9ClF3NO3/c1-7(18)19-11(12(14,15)16)6-10(17-20-11)8-2-4-9(13)5-3-8/h2-5H,6H2,1H3. The molecule has 1 aliphatic heterocycles. The first kappa shape index (κ1) is 14.6. The number of oxime groups is 1. The Hall–Kier alpha value is -1.76. The lowest BCUT2D eigenvalue weighted by molar-refractivity contribution is -0.357. The smallest absolute Gasteiger partial charge is 0.412 e. The molecule has 2 rings (SSSR count). The van der Waals surface area contributed by atoms with Gasteiger partial charge in [0.05, 0.1) is 12.1 Å². The fourth-order valence-corrected chi connectivity index (χ4v) is 1.83. The van der Waals surface area contributed by atoms with E-state index in [0.717, 1.165) is 6.92 Å². The summed E-state index contributed by atoms with van der Waals surface area (Å²) in [4.78, 5) is 15.3. The van der Waals surface area contributed by atoms with Gasteiger partial charge in [-0.2, -0.15) is 13.2 Å². The number of ether oxygens (including phenoxy) is 1. The summed E-state index contributed by atoms with van der Waals surface area (Å²) in [6.45, 7) is 0.872. The maximum Gasteiger partial charge on any atom is 0.470 e. The van der Waals surface area contributed by atoms with E-state index in [1.54, 1.807) is 0 Å². The second-order valence-corrected chi connectivity index (χ2v) is 4.59. The minimum atomic E-state index is -4.89. The van der Waals surface area contributed by atoms with Crippen LogP contribution in [-0.4, -0.2) is 23.6 Å². The third kappa shape index (κ3) is 2.72. The summed E-state index contributed by atoms with van der Waals surface area (Å²) in [5, 5.41) is 3.83. The number of rotatable bonds is 2. The lowest BCUT2D eigenvalue weighted by Gasteiger charge is -2.27. The van der Waals surface area contributed by atoms with Crippen molar-refractivity contribution in [3.05, 3.63) is 34.9 Å². The van der Waals surface area contributed by atoms with Crippen molar-refractivity contribution in [3.8, 4) is 0 Å². The summed E-state index contributed by atoms with van der Waals surface area (Å²) in [7, 11) is 0. The molecule has 8 heteroatoms. The zero-order valence-electron chi connectivity index (χ0n) is 10.2. The number of halogens is 4. The number of esters is 1. The largest absolute Gasteiger partial charge is 0.470 e. The monoisotopic (exact) mass is 307 g/mol. The molecular formula is C12H9ClF3NO3. The topological polar surface area (TPSA) is 47.9 Å². The molecule has 0 aliphatic carbocycles. The Morgan fingerprint density at radius 3 is 2.50 bits per heavy atom. The van der Waals surface area contributed by atoms with Crippen LogP contribution in [0.4, 0.5) is 13.2 Å². The quantitative estimate of drug-likeness (QED) is 0.788. The number of hydrogen-bond acceptors (Lipinski definition) is 4. The molecule has 1 aromatic rings. The highest BCUT2D eigenvalue weighted by Crippen LogP contribution is 2.42. The average molecular weight is 308 g/mol. The van der Waals surface area contributed by atoms with E-state index in [1.807, 2.05) is 0 Å². The van der Waals surface area contributed by atoms with Gasteiger partial charge in [0.25, 0.3) is 0 Å². The van der Waals surface area contributed by atoms with Crippen LogP contribution in [0.2, 0.25) is 5.02 Å².